The number of carbonyl (C=O) groups is 1. The van der Waals surface area contributed by atoms with Crippen molar-refractivity contribution >= 4 is 33.2 Å². The van der Waals surface area contributed by atoms with E-state index in [1.807, 2.05) is 19.1 Å². The zero-order valence-corrected chi connectivity index (χ0v) is 12.2. The van der Waals surface area contributed by atoms with Crippen molar-refractivity contribution in [1.82, 2.24) is 10.1 Å². The third-order valence-electron chi connectivity index (χ3n) is 2.36. The Morgan fingerprint density at radius 3 is 3.00 bits per heavy atom. The molecule has 2 rings (SSSR count). The molecule has 2 heterocycles. The van der Waals surface area contributed by atoms with Gasteiger partial charge in [-0.25, -0.2) is 0 Å². The van der Waals surface area contributed by atoms with Crippen molar-refractivity contribution in [3.8, 4) is 10.7 Å². The molecule has 0 aliphatic carbocycles. The van der Waals surface area contributed by atoms with Gasteiger partial charge in [-0.2, -0.15) is 4.98 Å². The van der Waals surface area contributed by atoms with Crippen LogP contribution in [0.15, 0.2) is 20.4 Å². The van der Waals surface area contributed by atoms with Crippen LogP contribution in [-0.4, -0.2) is 23.2 Å². The van der Waals surface area contributed by atoms with Gasteiger partial charge in [-0.05, 0) is 28.1 Å². The molecule has 96 valence electrons. The Bertz CT molecular complexity index is 552. The summed E-state index contributed by atoms with van der Waals surface area (Å²) in [5.74, 6) is 0.542. The molecule has 0 unspecified atom stereocenters. The van der Waals surface area contributed by atoms with Crippen LogP contribution < -0.4 is 0 Å². The number of halogens is 1. The maximum absolute atomic E-state index is 11.2. The van der Waals surface area contributed by atoms with Crippen molar-refractivity contribution in [2.75, 3.05) is 7.11 Å². The Balaban J connectivity index is 2.12. The maximum Gasteiger partial charge on any atom is 0.306 e. The molecule has 0 radical (unpaired) electrons. The van der Waals surface area contributed by atoms with Gasteiger partial charge in [0.05, 0.1) is 22.2 Å². The number of hydrogen-bond acceptors (Lipinski definition) is 6. The molecule has 0 aromatic carbocycles. The van der Waals surface area contributed by atoms with Crippen LogP contribution in [0.2, 0.25) is 0 Å². The molecular formula is C11H11BrN2O3S. The van der Waals surface area contributed by atoms with Crippen molar-refractivity contribution in [2.24, 2.45) is 0 Å². The first-order chi connectivity index (χ1) is 8.60. The van der Waals surface area contributed by atoms with Crippen LogP contribution in [0.25, 0.3) is 10.7 Å². The van der Waals surface area contributed by atoms with Crippen LogP contribution >= 0.6 is 27.3 Å². The Hall–Kier alpha value is -1.21. The highest BCUT2D eigenvalue weighted by Crippen LogP contribution is 2.30. The Labute approximate surface area is 116 Å². The van der Waals surface area contributed by atoms with Gasteiger partial charge in [-0.1, -0.05) is 12.1 Å². The molecule has 0 aliphatic rings. The quantitative estimate of drug-likeness (QED) is 0.805. The first-order valence-corrected chi connectivity index (χ1v) is 6.87. The molecule has 1 atom stereocenters. The van der Waals surface area contributed by atoms with Crippen molar-refractivity contribution in [1.29, 1.82) is 0 Å². The average molecular weight is 331 g/mol. The van der Waals surface area contributed by atoms with Crippen molar-refractivity contribution < 1.29 is 14.1 Å². The second kappa shape index (κ2) is 5.62. The monoisotopic (exact) mass is 330 g/mol. The van der Waals surface area contributed by atoms with Crippen molar-refractivity contribution in [3.05, 3.63) is 21.8 Å². The molecule has 18 heavy (non-hydrogen) atoms. The highest BCUT2D eigenvalue weighted by Gasteiger charge is 2.19. The number of ether oxygens (including phenoxy) is 1. The molecule has 0 spiro atoms. The topological polar surface area (TPSA) is 65.2 Å². The fraction of sp³-hybridized carbons (Fsp3) is 0.364. The van der Waals surface area contributed by atoms with Gasteiger partial charge in [0.25, 0.3) is 0 Å². The number of nitrogens with zero attached hydrogens (tertiary/aromatic N) is 2. The van der Waals surface area contributed by atoms with Crippen LogP contribution in [0.3, 0.4) is 0 Å². The minimum Gasteiger partial charge on any atom is -0.469 e. The second-order valence-electron chi connectivity index (χ2n) is 3.74. The van der Waals surface area contributed by atoms with Crippen molar-refractivity contribution in [2.45, 2.75) is 19.3 Å². The summed E-state index contributed by atoms with van der Waals surface area (Å²) < 4.78 is 10.8. The lowest BCUT2D eigenvalue weighted by Gasteiger charge is -2.03. The number of aromatic nitrogens is 2. The van der Waals surface area contributed by atoms with Crippen LogP contribution in [0, 0.1) is 0 Å². The van der Waals surface area contributed by atoms with E-state index in [1.165, 1.54) is 18.4 Å². The molecule has 0 bridgehead atoms. The summed E-state index contributed by atoms with van der Waals surface area (Å²) in [5.41, 5.74) is 0. The summed E-state index contributed by atoms with van der Waals surface area (Å²) in [7, 11) is 1.36. The number of rotatable bonds is 4. The number of hydrogen-bond donors (Lipinski definition) is 0. The largest absolute Gasteiger partial charge is 0.469 e. The smallest absolute Gasteiger partial charge is 0.306 e. The van der Waals surface area contributed by atoms with Gasteiger partial charge in [0.1, 0.15) is 0 Å². The molecule has 2 aromatic heterocycles. The number of thiophene rings is 1. The minimum atomic E-state index is -0.291. The van der Waals surface area contributed by atoms with E-state index in [4.69, 9.17) is 4.52 Å². The molecule has 0 saturated heterocycles. The van der Waals surface area contributed by atoms with E-state index in [0.717, 1.165) is 8.66 Å². The normalized spacial score (nSPS) is 12.4. The third kappa shape index (κ3) is 2.97. The number of carbonyl (C=O) groups excluding carboxylic acids is 1. The molecule has 0 saturated carbocycles. The predicted octanol–water partition coefficient (Wildman–Crippen LogP) is 3.23. The zero-order valence-electron chi connectivity index (χ0n) is 9.84. The van der Waals surface area contributed by atoms with Gasteiger partial charge in [-0.15, -0.1) is 11.3 Å². The van der Waals surface area contributed by atoms with Crippen LogP contribution in [-0.2, 0) is 9.53 Å². The highest BCUT2D eigenvalue weighted by molar-refractivity contribution is 9.11. The standard InChI is InChI=1S/C11H11BrN2O3S/c1-6(5-9(15)16-2)11-13-10(14-17-11)7-3-4-8(12)18-7/h3-4,6H,5H2,1-2H3/t6-/m0/s1. The van der Waals surface area contributed by atoms with Gasteiger partial charge in [0.2, 0.25) is 11.7 Å². The predicted molar refractivity (Wildman–Crippen MR) is 70.4 cm³/mol. The van der Waals surface area contributed by atoms with E-state index < -0.39 is 0 Å². The van der Waals surface area contributed by atoms with Gasteiger partial charge < -0.3 is 9.26 Å². The first-order valence-electron chi connectivity index (χ1n) is 5.26. The average Bonchev–Trinajstić information content (AvgIpc) is 2.96. The van der Waals surface area contributed by atoms with E-state index in [2.05, 4.69) is 30.8 Å². The van der Waals surface area contributed by atoms with E-state index in [9.17, 15) is 4.79 Å². The highest BCUT2D eigenvalue weighted by atomic mass is 79.9. The summed E-state index contributed by atoms with van der Waals surface area (Å²) in [6, 6.07) is 3.84. The Morgan fingerprint density at radius 2 is 2.39 bits per heavy atom. The van der Waals surface area contributed by atoms with E-state index in [0.29, 0.717) is 11.7 Å². The minimum absolute atomic E-state index is 0.151. The van der Waals surface area contributed by atoms with Gasteiger partial charge in [0, 0.05) is 5.92 Å². The summed E-state index contributed by atoms with van der Waals surface area (Å²) in [5, 5.41) is 3.91. The van der Waals surface area contributed by atoms with E-state index >= 15 is 0 Å². The summed E-state index contributed by atoms with van der Waals surface area (Å²) in [6.07, 6.45) is 0.228. The van der Waals surface area contributed by atoms with E-state index in [-0.39, 0.29) is 18.3 Å². The molecule has 0 fully saturated rings. The third-order valence-corrected chi connectivity index (χ3v) is 3.98. The first kappa shape index (κ1) is 13.2. The molecular weight excluding hydrogens is 320 g/mol. The lowest BCUT2D eigenvalue weighted by molar-refractivity contribution is -0.141. The van der Waals surface area contributed by atoms with Crippen molar-refractivity contribution in [3.63, 3.8) is 0 Å². The van der Waals surface area contributed by atoms with Gasteiger partial charge >= 0.3 is 5.97 Å². The van der Waals surface area contributed by atoms with Gasteiger partial charge in [-0.3, -0.25) is 4.79 Å². The van der Waals surface area contributed by atoms with Crippen LogP contribution in [0.5, 0.6) is 0 Å². The zero-order chi connectivity index (χ0) is 13.1. The fourth-order valence-corrected chi connectivity index (χ4v) is 2.70. The van der Waals surface area contributed by atoms with Crippen LogP contribution in [0.1, 0.15) is 25.2 Å². The maximum atomic E-state index is 11.2. The summed E-state index contributed by atoms with van der Waals surface area (Å²) in [4.78, 5) is 16.4. The molecule has 0 aliphatic heterocycles. The fourth-order valence-electron chi connectivity index (χ4n) is 1.39. The molecule has 0 N–H and O–H groups in total. The van der Waals surface area contributed by atoms with Crippen LogP contribution in [0.4, 0.5) is 0 Å². The molecule has 5 nitrogen and oxygen atoms in total. The molecule has 2 aromatic rings. The number of methoxy groups -OCH3 is 1. The molecule has 0 amide bonds. The Kier molecular flexibility index (Phi) is 4.13. The van der Waals surface area contributed by atoms with E-state index in [1.54, 1.807) is 0 Å². The second-order valence-corrected chi connectivity index (χ2v) is 6.20. The lowest BCUT2D eigenvalue weighted by Crippen LogP contribution is -2.06. The summed E-state index contributed by atoms with van der Waals surface area (Å²) >= 11 is 4.90. The summed E-state index contributed by atoms with van der Waals surface area (Å²) in [6.45, 7) is 1.85. The van der Waals surface area contributed by atoms with Gasteiger partial charge in [0.15, 0.2) is 0 Å². The molecule has 7 heteroatoms. The number of esters is 1. The Morgan fingerprint density at radius 1 is 1.61 bits per heavy atom. The SMILES string of the molecule is COC(=O)C[C@H](C)c1nc(-c2ccc(Br)s2)no1. The lowest BCUT2D eigenvalue weighted by atomic mass is 10.1.